The van der Waals surface area contributed by atoms with Crippen molar-refractivity contribution < 1.29 is 19.1 Å². The van der Waals surface area contributed by atoms with Gasteiger partial charge in [-0.05, 0) is 30.5 Å². The Morgan fingerprint density at radius 2 is 1.52 bits per heavy atom. The Hall–Kier alpha value is -2.75. The van der Waals surface area contributed by atoms with Crippen LogP contribution in [0.25, 0.3) is 0 Å². The first-order valence-corrected chi connectivity index (χ1v) is 7.59. The molecule has 0 aromatic heterocycles. The minimum Gasteiger partial charge on any atom is -0.496 e. The molecule has 0 N–H and O–H groups in total. The molecule has 2 aliphatic carbocycles. The summed E-state index contributed by atoms with van der Waals surface area (Å²) < 4.78 is 5.25. The van der Waals surface area contributed by atoms with Crippen LogP contribution in [-0.4, -0.2) is 24.5 Å². The quantitative estimate of drug-likeness (QED) is 0.693. The van der Waals surface area contributed by atoms with Gasteiger partial charge in [0.05, 0.1) is 12.7 Å². The highest BCUT2D eigenvalue weighted by molar-refractivity contribution is 6.30. The molecule has 0 amide bonds. The molecule has 0 saturated heterocycles. The topological polar surface area (TPSA) is 60.4 Å². The van der Waals surface area contributed by atoms with Gasteiger partial charge in [0.2, 0.25) is 0 Å². The molecule has 0 spiro atoms. The maximum Gasteiger partial charge on any atom is 0.198 e. The molecule has 4 heteroatoms. The number of rotatable bonds is 1. The molecule has 0 radical (unpaired) electrons. The minimum atomic E-state index is -0.215. The molecular formula is C19H14O4. The van der Waals surface area contributed by atoms with Crippen molar-refractivity contribution in [2.24, 2.45) is 0 Å². The summed E-state index contributed by atoms with van der Waals surface area (Å²) in [6.07, 6.45) is 1.87. The average molecular weight is 306 g/mol. The zero-order chi connectivity index (χ0) is 16.1. The second-order valence-electron chi connectivity index (χ2n) is 5.83. The van der Waals surface area contributed by atoms with E-state index in [0.29, 0.717) is 52.8 Å². The number of carbonyl (C=O) groups excluding carboxylic acids is 3. The van der Waals surface area contributed by atoms with Gasteiger partial charge >= 0.3 is 0 Å². The lowest BCUT2D eigenvalue weighted by molar-refractivity contribution is 0.0962. The van der Waals surface area contributed by atoms with Crippen molar-refractivity contribution >= 4 is 17.3 Å². The number of methoxy groups -OCH3 is 1. The maximum atomic E-state index is 13.0. The molecule has 0 atom stereocenters. The van der Waals surface area contributed by atoms with Crippen molar-refractivity contribution in [1.82, 2.24) is 0 Å². The van der Waals surface area contributed by atoms with E-state index in [-0.39, 0.29) is 17.3 Å². The Morgan fingerprint density at radius 1 is 0.826 bits per heavy atom. The normalized spacial score (nSPS) is 15.8. The standard InChI is InChI=1S/C19H14O4/c1-23-15-7-3-5-12-17(15)19(22)13-9-8-10-11(16(13)18(12)21)4-2-6-14(10)20/h3,5,7-9H,2,4,6H2,1H3. The minimum absolute atomic E-state index is 0.0470. The fourth-order valence-corrected chi connectivity index (χ4v) is 3.57. The van der Waals surface area contributed by atoms with E-state index in [2.05, 4.69) is 0 Å². The second-order valence-corrected chi connectivity index (χ2v) is 5.83. The highest BCUT2D eigenvalue weighted by atomic mass is 16.5. The van der Waals surface area contributed by atoms with Crippen molar-refractivity contribution in [1.29, 1.82) is 0 Å². The number of fused-ring (bicyclic) bond motifs is 4. The van der Waals surface area contributed by atoms with Crippen LogP contribution in [0.4, 0.5) is 0 Å². The van der Waals surface area contributed by atoms with Gasteiger partial charge in [-0.15, -0.1) is 0 Å². The van der Waals surface area contributed by atoms with Crippen LogP contribution in [0.2, 0.25) is 0 Å². The van der Waals surface area contributed by atoms with E-state index in [9.17, 15) is 14.4 Å². The lowest BCUT2D eigenvalue weighted by Crippen LogP contribution is -2.26. The van der Waals surface area contributed by atoms with Crippen molar-refractivity contribution in [3.63, 3.8) is 0 Å². The Kier molecular flexibility index (Phi) is 2.94. The third-order valence-electron chi connectivity index (χ3n) is 4.63. The smallest absolute Gasteiger partial charge is 0.198 e. The first-order valence-electron chi connectivity index (χ1n) is 7.59. The summed E-state index contributed by atoms with van der Waals surface area (Å²) in [4.78, 5) is 38.0. The third-order valence-corrected chi connectivity index (χ3v) is 4.63. The van der Waals surface area contributed by atoms with Crippen LogP contribution in [0.5, 0.6) is 5.75 Å². The molecule has 0 unspecified atom stereocenters. The van der Waals surface area contributed by atoms with Gasteiger partial charge in [0, 0.05) is 28.7 Å². The van der Waals surface area contributed by atoms with Crippen LogP contribution < -0.4 is 4.74 Å². The molecule has 2 aliphatic rings. The summed E-state index contributed by atoms with van der Waals surface area (Å²) in [5.41, 5.74) is 2.76. The van der Waals surface area contributed by atoms with Crippen LogP contribution in [0.3, 0.4) is 0 Å². The molecule has 2 aromatic rings. The van der Waals surface area contributed by atoms with Crippen molar-refractivity contribution in [2.75, 3.05) is 7.11 Å². The molecule has 4 nitrogen and oxygen atoms in total. The number of hydrogen-bond acceptors (Lipinski definition) is 4. The van der Waals surface area contributed by atoms with Crippen LogP contribution in [0, 0.1) is 0 Å². The molecule has 2 aromatic carbocycles. The number of benzene rings is 2. The lowest BCUT2D eigenvalue weighted by Gasteiger charge is -2.25. The van der Waals surface area contributed by atoms with Crippen LogP contribution in [-0.2, 0) is 6.42 Å². The van der Waals surface area contributed by atoms with E-state index in [1.807, 2.05) is 0 Å². The summed E-state index contributed by atoms with van der Waals surface area (Å²) in [6.45, 7) is 0. The number of ether oxygens (including phenoxy) is 1. The van der Waals surface area contributed by atoms with E-state index in [1.54, 1.807) is 30.3 Å². The molecule has 114 valence electrons. The van der Waals surface area contributed by atoms with Crippen molar-refractivity contribution in [3.8, 4) is 5.75 Å². The predicted molar refractivity (Wildman–Crippen MR) is 83.6 cm³/mol. The monoisotopic (exact) mass is 306 g/mol. The zero-order valence-electron chi connectivity index (χ0n) is 12.6. The molecule has 0 aliphatic heterocycles. The number of ketones is 3. The van der Waals surface area contributed by atoms with E-state index >= 15 is 0 Å². The third kappa shape index (κ3) is 1.81. The average Bonchev–Trinajstić information content (AvgIpc) is 2.58. The van der Waals surface area contributed by atoms with Crippen LogP contribution >= 0.6 is 0 Å². The Balaban J connectivity index is 2.02. The molecule has 0 heterocycles. The number of carbonyl (C=O) groups is 3. The van der Waals surface area contributed by atoms with Gasteiger partial charge in [0.25, 0.3) is 0 Å². The molecular weight excluding hydrogens is 292 g/mol. The fourth-order valence-electron chi connectivity index (χ4n) is 3.57. The van der Waals surface area contributed by atoms with Crippen molar-refractivity contribution in [3.05, 3.63) is 63.7 Å². The van der Waals surface area contributed by atoms with Gasteiger partial charge in [-0.2, -0.15) is 0 Å². The largest absolute Gasteiger partial charge is 0.496 e. The molecule has 4 rings (SSSR count). The summed E-state index contributed by atoms with van der Waals surface area (Å²) in [5, 5.41) is 0. The number of Topliss-reactive ketones (excluding diaryl/α,β-unsaturated/α-hetero) is 1. The molecule has 0 fully saturated rings. The summed E-state index contributed by atoms with van der Waals surface area (Å²) in [6, 6.07) is 8.31. The maximum absolute atomic E-state index is 13.0. The molecule has 0 saturated carbocycles. The van der Waals surface area contributed by atoms with E-state index in [1.165, 1.54) is 7.11 Å². The van der Waals surface area contributed by atoms with E-state index in [0.717, 1.165) is 5.56 Å². The summed E-state index contributed by atoms with van der Waals surface area (Å²) in [7, 11) is 1.48. The van der Waals surface area contributed by atoms with E-state index in [4.69, 9.17) is 4.74 Å². The Labute approximate surface area is 133 Å². The highest BCUT2D eigenvalue weighted by Crippen LogP contribution is 2.37. The van der Waals surface area contributed by atoms with Crippen LogP contribution in [0.15, 0.2) is 30.3 Å². The zero-order valence-corrected chi connectivity index (χ0v) is 12.6. The van der Waals surface area contributed by atoms with Gasteiger partial charge in [-0.1, -0.05) is 18.2 Å². The second kappa shape index (κ2) is 4.88. The Morgan fingerprint density at radius 3 is 2.30 bits per heavy atom. The van der Waals surface area contributed by atoms with Gasteiger partial charge in [0.15, 0.2) is 17.3 Å². The van der Waals surface area contributed by atoms with Gasteiger partial charge in [-0.3, -0.25) is 14.4 Å². The number of hydrogen-bond donors (Lipinski definition) is 0. The molecule has 23 heavy (non-hydrogen) atoms. The first kappa shape index (κ1) is 13.9. The van der Waals surface area contributed by atoms with Crippen molar-refractivity contribution in [2.45, 2.75) is 19.3 Å². The first-order chi connectivity index (χ1) is 11.1. The Bertz CT molecular complexity index is 892. The summed E-state index contributed by atoms with van der Waals surface area (Å²) >= 11 is 0. The highest BCUT2D eigenvalue weighted by Gasteiger charge is 2.36. The SMILES string of the molecule is COc1cccc2c1C(=O)c1ccc3c(c1C2=O)CCCC3=O. The molecule has 0 bridgehead atoms. The summed E-state index contributed by atoms with van der Waals surface area (Å²) in [5.74, 6) is 0.0407. The van der Waals surface area contributed by atoms with Gasteiger partial charge < -0.3 is 4.74 Å². The van der Waals surface area contributed by atoms with Gasteiger partial charge in [0.1, 0.15) is 5.75 Å². The van der Waals surface area contributed by atoms with Crippen LogP contribution in [0.1, 0.15) is 60.6 Å². The fraction of sp³-hybridized carbons (Fsp3) is 0.211. The van der Waals surface area contributed by atoms with Gasteiger partial charge in [-0.25, -0.2) is 0 Å². The van der Waals surface area contributed by atoms with E-state index < -0.39 is 0 Å². The lowest BCUT2D eigenvalue weighted by atomic mass is 9.76. The predicted octanol–water partition coefficient (Wildman–Crippen LogP) is 2.99.